The zero-order chi connectivity index (χ0) is 14.6. The predicted molar refractivity (Wildman–Crippen MR) is 76.7 cm³/mol. The van der Waals surface area contributed by atoms with Crippen molar-refractivity contribution in [2.24, 2.45) is 5.73 Å². The molecule has 0 atom stereocenters. The van der Waals surface area contributed by atoms with Crippen LogP contribution >= 0.6 is 11.8 Å². The normalized spacial score (nSPS) is 11.4. The number of rotatable bonds is 6. The van der Waals surface area contributed by atoms with Gasteiger partial charge in [0, 0.05) is 11.3 Å². The summed E-state index contributed by atoms with van der Waals surface area (Å²) in [6.45, 7) is 0. The molecule has 0 unspecified atom stereocenters. The van der Waals surface area contributed by atoms with Gasteiger partial charge in [-0.05, 0) is 12.1 Å². The summed E-state index contributed by atoms with van der Waals surface area (Å²) in [6, 6.07) is 5.97. The summed E-state index contributed by atoms with van der Waals surface area (Å²) >= 11 is 1.25. The van der Waals surface area contributed by atoms with E-state index in [1.54, 1.807) is 0 Å². The molecule has 2 rings (SSSR count). The van der Waals surface area contributed by atoms with Gasteiger partial charge in [-0.1, -0.05) is 23.9 Å². The van der Waals surface area contributed by atoms with Crippen LogP contribution in [0.1, 0.15) is 5.56 Å². The van der Waals surface area contributed by atoms with Crippen LogP contribution in [0, 0.1) is 5.41 Å². The van der Waals surface area contributed by atoms with Crippen molar-refractivity contribution in [3.63, 3.8) is 0 Å². The molecule has 0 spiro atoms. The number of nitrogens with zero attached hydrogens (tertiary/aromatic N) is 1. The van der Waals surface area contributed by atoms with Crippen molar-refractivity contribution < 1.29 is 12.8 Å². The average molecular weight is 311 g/mol. The van der Waals surface area contributed by atoms with Crippen LogP contribution in [0.25, 0.3) is 0 Å². The Balaban J connectivity index is 2.00. The molecule has 0 bridgehead atoms. The number of oxazole rings is 1. The van der Waals surface area contributed by atoms with Gasteiger partial charge < -0.3 is 10.2 Å². The number of nitrogens with two attached hydrogens (primary N) is 1. The van der Waals surface area contributed by atoms with E-state index >= 15 is 0 Å². The molecule has 0 amide bonds. The number of hydrogen-bond acceptors (Lipinski definition) is 6. The SMILES string of the molecule is N=C(N)c1ccc(S(=O)(=O)CCSc2ncco2)cc1. The Kier molecular flexibility index (Phi) is 4.46. The Morgan fingerprint density at radius 3 is 2.60 bits per heavy atom. The zero-order valence-electron chi connectivity index (χ0n) is 10.4. The predicted octanol–water partition coefficient (Wildman–Crippen LogP) is 1.52. The Morgan fingerprint density at radius 1 is 1.35 bits per heavy atom. The van der Waals surface area contributed by atoms with Crippen LogP contribution in [0.2, 0.25) is 0 Å². The lowest BCUT2D eigenvalue weighted by atomic mass is 10.2. The first-order valence-corrected chi connectivity index (χ1v) is 8.32. The highest BCUT2D eigenvalue weighted by Crippen LogP contribution is 2.18. The van der Waals surface area contributed by atoms with Crippen LogP contribution in [-0.4, -0.2) is 30.7 Å². The molecule has 1 heterocycles. The van der Waals surface area contributed by atoms with Crippen LogP contribution in [0.4, 0.5) is 0 Å². The van der Waals surface area contributed by atoms with E-state index in [4.69, 9.17) is 15.6 Å². The highest BCUT2D eigenvalue weighted by atomic mass is 32.2. The molecule has 0 aliphatic carbocycles. The molecule has 0 saturated carbocycles. The second-order valence-electron chi connectivity index (χ2n) is 3.90. The topological polar surface area (TPSA) is 110 Å². The number of sulfone groups is 1. The number of thioether (sulfide) groups is 1. The maximum atomic E-state index is 12.1. The molecular weight excluding hydrogens is 298 g/mol. The fourth-order valence-electron chi connectivity index (χ4n) is 1.48. The van der Waals surface area contributed by atoms with E-state index in [9.17, 15) is 8.42 Å². The number of aromatic nitrogens is 1. The summed E-state index contributed by atoms with van der Waals surface area (Å²) < 4.78 is 29.2. The average Bonchev–Trinajstić information content (AvgIpc) is 2.92. The van der Waals surface area contributed by atoms with Crippen molar-refractivity contribution in [3.05, 3.63) is 42.3 Å². The Hall–Kier alpha value is -1.80. The van der Waals surface area contributed by atoms with Crippen molar-refractivity contribution in [3.8, 4) is 0 Å². The third-order valence-electron chi connectivity index (χ3n) is 2.51. The van der Waals surface area contributed by atoms with E-state index < -0.39 is 9.84 Å². The third kappa shape index (κ3) is 3.61. The van der Waals surface area contributed by atoms with Gasteiger partial charge in [-0.2, -0.15) is 0 Å². The van der Waals surface area contributed by atoms with Crippen LogP contribution in [-0.2, 0) is 9.84 Å². The number of nitrogens with one attached hydrogen (secondary N) is 1. The maximum Gasteiger partial charge on any atom is 0.255 e. The van der Waals surface area contributed by atoms with Crippen molar-refractivity contribution in [2.75, 3.05) is 11.5 Å². The molecule has 1 aromatic heterocycles. The van der Waals surface area contributed by atoms with Gasteiger partial charge in [0.1, 0.15) is 12.1 Å². The minimum Gasteiger partial charge on any atom is -0.440 e. The molecule has 6 nitrogen and oxygen atoms in total. The fourth-order valence-corrected chi connectivity index (χ4v) is 3.91. The van der Waals surface area contributed by atoms with E-state index in [1.807, 2.05) is 0 Å². The van der Waals surface area contributed by atoms with E-state index in [1.165, 1.54) is 48.5 Å². The number of benzene rings is 1. The van der Waals surface area contributed by atoms with Gasteiger partial charge in [0.05, 0.1) is 16.8 Å². The largest absolute Gasteiger partial charge is 0.440 e. The van der Waals surface area contributed by atoms with Gasteiger partial charge >= 0.3 is 0 Å². The molecule has 0 aliphatic heterocycles. The summed E-state index contributed by atoms with van der Waals surface area (Å²) in [5.74, 6) is 0.255. The first-order valence-electron chi connectivity index (χ1n) is 5.68. The lowest BCUT2D eigenvalue weighted by molar-refractivity contribution is 0.454. The van der Waals surface area contributed by atoms with Crippen molar-refractivity contribution in [2.45, 2.75) is 10.1 Å². The second-order valence-corrected chi connectivity index (χ2v) is 7.06. The fraction of sp³-hybridized carbons (Fsp3) is 0.167. The smallest absolute Gasteiger partial charge is 0.255 e. The maximum absolute atomic E-state index is 12.1. The summed E-state index contributed by atoms with van der Waals surface area (Å²) in [6.07, 6.45) is 2.95. The van der Waals surface area contributed by atoms with Gasteiger partial charge in [-0.15, -0.1) is 0 Å². The minimum absolute atomic E-state index is 0.0144. The quantitative estimate of drug-likeness (QED) is 0.475. The second kappa shape index (κ2) is 6.10. The number of amidine groups is 1. The minimum atomic E-state index is -3.36. The van der Waals surface area contributed by atoms with E-state index in [2.05, 4.69) is 4.98 Å². The molecule has 0 saturated heterocycles. The van der Waals surface area contributed by atoms with Gasteiger partial charge in [-0.3, -0.25) is 5.41 Å². The highest BCUT2D eigenvalue weighted by Gasteiger charge is 2.15. The van der Waals surface area contributed by atoms with Crippen molar-refractivity contribution in [1.82, 2.24) is 4.98 Å². The van der Waals surface area contributed by atoms with Crippen LogP contribution < -0.4 is 5.73 Å². The highest BCUT2D eigenvalue weighted by molar-refractivity contribution is 8.00. The first kappa shape index (κ1) is 14.6. The lowest BCUT2D eigenvalue weighted by Gasteiger charge is -2.04. The monoisotopic (exact) mass is 311 g/mol. The van der Waals surface area contributed by atoms with Gasteiger partial charge in [0.2, 0.25) is 0 Å². The van der Waals surface area contributed by atoms with Gasteiger partial charge in [-0.25, -0.2) is 13.4 Å². The van der Waals surface area contributed by atoms with Crippen LogP contribution in [0.5, 0.6) is 0 Å². The van der Waals surface area contributed by atoms with Crippen LogP contribution in [0.15, 0.2) is 51.3 Å². The van der Waals surface area contributed by atoms with Gasteiger partial charge in [0.25, 0.3) is 5.22 Å². The molecular formula is C12H13N3O3S2. The van der Waals surface area contributed by atoms with E-state index in [-0.39, 0.29) is 16.5 Å². The molecule has 0 radical (unpaired) electrons. The van der Waals surface area contributed by atoms with Crippen LogP contribution in [0.3, 0.4) is 0 Å². The van der Waals surface area contributed by atoms with E-state index in [0.717, 1.165) is 0 Å². The Bertz CT molecular complexity index is 679. The lowest BCUT2D eigenvalue weighted by Crippen LogP contribution is -2.12. The molecule has 0 aliphatic rings. The summed E-state index contributed by atoms with van der Waals surface area (Å²) in [4.78, 5) is 4.12. The van der Waals surface area contributed by atoms with Crippen molar-refractivity contribution in [1.29, 1.82) is 5.41 Å². The number of hydrogen-bond donors (Lipinski definition) is 2. The summed E-state index contributed by atoms with van der Waals surface area (Å²) in [7, 11) is -3.36. The summed E-state index contributed by atoms with van der Waals surface area (Å²) in [5.41, 5.74) is 5.82. The molecule has 1 aromatic carbocycles. The third-order valence-corrected chi connectivity index (χ3v) is 5.36. The molecule has 106 valence electrons. The van der Waals surface area contributed by atoms with Gasteiger partial charge in [0.15, 0.2) is 9.84 Å². The molecule has 0 fully saturated rings. The van der Waals surface area contributed by atoms with Crippen molar-refractivity contribution >= 4 is 27.4 Å². The Morgan fingerprint density at radius 2 is 2.05 bits per heavy atom. The zero-order valence-corrected chi connectivity index (χ0v) is 12.1. The number of nitrogen functional groups attached to an aromatic ring is 1. The molecule has 2 aromatic rings. The molecule has 3 N–H and O–H groups in total. The Labute approximate surface area is 120 Å². The molecule has 8 heteroatoms. The standard InChI is InChI=1S/C12H13N3O3S2/c13-11(14)9-1-3-10(4-2-9)20(16,17)8-7-19-12-15-5-6-18-12/h1-6H,7-8H2,(H3,13,14). The van der Waals surface area contributed by atoms with E-state index in [0.29, 0.717) is 16.5 Å². The molecule has 20 heavy (non-hydrogen) atoms. The first-order chi connectivity index (χ1) is 9.49. The summed E-state index contributed by atoms with van der Waals surface area (Å²) in [5, 5.41) is 7.71.